The van der Waals surface area contributed by atoms with Gasteiger partial charge in [-0.15, -0.1) is 0 Å². The average Bonchev–Trinajstić information content (AvgIpc) is 3.92. The second-order valence-corrected chi connectivity index (χ2v) is 13.7. The molecule has 1 spiro atoms. The predicted octanol–water partition coefficient (Wildman–Crippen LogP) is 12.0. The first-order valence-electron chi connectivity index (χ1n) is 16.6. The summed E-state index contributed by atoms with van der Waals surface area (Å²) in [5, 5.41) is 4.56. The van der Waals surface area contributed by atoms with Crippen molar-refractivity contribution >= 4 is 60.9 Å². The smallest absolute Gasteiger partial charge is 0.137 e. The first kappa shape index (κ1) is 25.0. The van der Waals surface area contributed by atoms with E-state index < -0.39 is 0 Å². The van der Waals surface area contributed by atoms with Crippen molar-refractivity contribution in [2.24, 2.45) is 11.8 Å². The third-order valence-electron chi connectivity index (χ3n) is 11.5. The predicted molar refractivity (Wildman–Crippen MR) is 187 cm³/mol. The van der Waals surface area contributed by atoms with Crippen LogP contribution in [0.3, 0.4) is 0 Å². The Morgan fingerprint density at radius 3 is 1.80 bits per heavy atom. The van der Waals surface area contributed by atoms with Gasteiger partial charge in [0.2, 0.25) is 0 Å². The van der Waals surface area contributed by atoms with Gasteiger partial charge in [-0.2, -0.15) is 0 Å². The molecule has 2 heterocycles. The Hall–Kier alpha value is -5.28. The zero-order chi connectivity index (χ0) is 30.0. The fourth-order valence-electron chi connectivity index (χ4n) is 9.74. The average molecular weight is 594 g/mol. The van der Waals surface area contributed by atoms with Crippen LogP contribution in [0.2, 0.25) is 0 Å². The van der Waals surface area contributed by atoms with E-state index in [9.17, 15) is 0 Å². The van der Waals surface area contributed by atoms with Crippen molar-refractivity contribution < 1.29 is 8.83 Å². The molecule has 6 aromatic carbocycles. The lowest BCUT2D eigenvalue weighted by atomic mass is 9.67. The van der Waals surface area contributed by atoms with Crippen LogP contribution in [0.25, 0.3) is 55.0 Å². The van der Waals surface area contributed by atoms with Crippen LogP contribution in [0.4, 0.5) is 17.1 Å². The van der Waals surface area contributed by atoms with E-state index in [4.69, 9.17) is 8.83 Å². The lowest BCUT2D eigenvalue weighted by molar-refractivity contribution is 0.327. The molecule has 2 saturated carbocycles. The van der Waals surface area contributed by atoms with E-state index in [2.05, 4.69) is 120 Å². The number of anilines is 3. The highest BCUT2D eigenvalue weighted by molar-refractivity contribution is 6.08. The van der Waals surface area contributed by atoms with Gasteiger partial charge in [-0.25, -0.2) is 0 Å². The Morgan fingerprint density at radius 2 is 1.15 bits per heavy atom. The Bertz CT molecular complexity index is 2420. The van der Waals surface area contributed by atoms with Crippen LogP contribution in [0.15, 0.2) is 136 Å². The lowest BCUT2D eigenvalue weighted by Gasteiger charge is -2.37. The molecule has 0 amide bonds. The van der Waals surface area contributed by atoms with E-state index in [-0.39, 0.29) is 5.41 Å². The van der Waals surface area contributed by atoms with Crippen molar-refractivity contribution in [3.05, 3.63) is 139 Å². The van der Waals surface area contributed by atoms with Gasteiger partial charge in [-0.3, -0.25) is 0 Å². The van der Waals surface area contributed by atoms with Crippen LogP contribution in [-0.2, 0) is 5.41 Å². The fourth-order valence-corrected chi connectivity index (χ4v) is 9.74. The second-order valence-electron chi connectivity index (χ2n) is 13.7. The van der Waals surface area contributed by atoms with Crippen LogP contribution < -0.4 is 4.90 Å². The molecule has 3 nitrogen and oxygen atoms in total. The molecule has 11 rings (SSSR count). The molecule has 0 saturated heterocycles. The minimum atomic E-state index is 0.113. The lowest BCUT2D eigenvalue weighted by Crippen LogP contribution is -2.31. The van der Waals surface area contributed by atoms with Crippen molar-refractivity contribution in [1.29, 1.82) is 0 Å². The van der Waals surface area contributed by atoms with Crippen molar-refractivity contribution in [3.63, 3.8) is 0 Å². The van der Waals surface area contributed by atoms with E-state index >= 15 is 0 Å². The maximum atomic E-state index is 6.44. The van der Waals surface area contributed by atoms with Crippen molar-refractivity contribution in [1.82, 2.24) is 0 Å². The number of para-hydroxylation sites is 2. The summed E-state index contributed by atoms with van der Waals surface area (Å²) in [6, 6.07) is 46.3. The summed E-state index contributed by atoms with van der Waals surface area (Å²) >= 11 is 0. The first-order valence-corrected chi connectivity index (χ1v) is 16.6. The maximum Gasteiger partial charge on any atom is 0.137 e. The van der Waals surface area contributed by atoms with E-state index in [0.29, 0.717) is 5.92 Å². The molecule has 0 N–H and O–H groups in total. The quantitative estimate of drug-likeness (QED) is 0.204. The summed E-state index contributed by atoms with van der Waals surface area (Å²) in [5.41, 5.74) is 12.9. The third-order valence-corrected chi connectivity index (χ3v) is 11.5. The number of hydrogen-bond acceptors (Lipinski definition) is 3. The fraction of sp³-hybridized carbons (Fsp3) is 0.163. The summed E-state index contributed by atoms with van der Waals surface area (Å²) in [7, 11) is 0. The molecule has 220 valence electrons. The van der Waals surface area contributed by atoms with Gasteiger partial charge in [0.25, 0.3) is 0 Å². The van der Waals surface area contributed by atoms with Gasteiger partial charge in [-0.05, 0) is 90.3 Å². The minimum absolute atomic E-state index is 0.113. The summed E-state index contributed by atoms with van der Waals surface area (Å²) < 4.78 is 12.9. The minimum Gasteiger partial charge on any atom is -0.456 e. The highest BCUT2D eigenvalue weighted by Gasteiger charge is 2.57. The van der Waals surface area contributed by atoms with E-state index in [1.807, 2.05) is 12.1 Å². The number of nitrogens with zero attached hydrogens (tertiary/aromatic N) is 1. The third kappa shape index (κ3) is 3.18. The van der Waals surface area contributed by atoms with Gasteiger partial charge in [0.05, 0.1) is 5.69 Å². The number of fused-ring (bicyclic) bond motifs is 14. The van der Waals surface area contributed by atoms with E-state index in [1.165, 1.54) is 53.6 Å². The SMILES string of the molecule is c1ccc2c(c1)-c1c(N(c3ccc4c(c3)oc3ccccc34)c3ccc4c(c3)oc3ccccc34)cccc1C21CC2CCC1C2. The summed E-state index contributed by atoms with van der Waals surface area (Å²) in [6.07, 6.45) is 5.33. The summed E-state index contributed by atoms with van der Waals surface area (Å²) in [5.74, 6) is 1.54. The monoisotopic (exact) mass is 593 g/mol. The molecule has 8 aromatic rings. The van der Waals surface area contributed by atoms with E-state index in [1.54, 1.807) is 0 Å². The molecule has 3 unspecified atom stereocenters. The molecule has 3 atom stereocenters. The van der Waals surface area contributed by atoms with E-state index in [0.717, 1.165) is 61.2 Å². The molecule has 2 bridgehead atoms. The number of hydrogen-bond donors (Lipinski definition) is 0. The zero-order valence-corrected chi connectivity index (χ0v) is 25.4. The molecule has 3 heteroatoms. The molecule has 3 aliphatic rings. The molecule has 2 aromatic heterocycles. The Morgan fingerprint density at radius 1 is 0.543 bits per heavy atom. The molecule has 0 radical (unpaired) electrons. The summed E-state index contributed by atoms with van der Waals surface area (Å²) in [6.45, 7) is 0. The van der Waals surface area contributed by atoms with Crippen molar-refractivity contribution in [2.75, 3.05) is 4.90 Å². The molecule has 46 heavy (non-hydrogen) atoms. The largest absolute Gasteiger partial charge is 0.456 e. The zero-order valence-electron chi connectivity index (χ0n) is 25.4. The molecular weight excluding hydrogens is 562 g/mol. The van der Waals surface area contributed by atoms with Gasteiger partial charge < -0.3 is 13.7 Å². The summed E-state index contributed by atoms with van der Waals surface area (Å²) in [4.78, 5) is 2.43. The van der Waals surface area contributed by atoms with Crippen LogP contribution >= 0.6 is 0 Å². The Balaban J connectivity index is 1.19. The van der Waals surface area contributed by atoms with Crippen LogP contribution in [0.5, 0.6) is 0 Å². The maximum absolute atomic E-state index is 6.44. The molecule has 2 fully saturated rings. The van der Waals surface area contributed by atoms with Gasteiger partial charge in [-0.1, -0.05) is 79.2 Å². The van der Waals surface area contributed by atoms with Crippen LogP contribution in [-0.4, -0.2) is 0 Å². The van der Waals surface area contributed by atoms with Gasteiger partial charge in [0, 0.05) is 56.0 Å². The first-order chi connectivity index (χ1) is 22.8. The number of furan rings is 2. The van der Waals surface area contributed by atoms with Crippen molar-refractivity contribution in [3.8, 4) is 11.1 Å². The van der Waals surface area contributed by atoms with Crippen molar-refractivity contribution in [2.45, 2.75) is 31.1 Å². The molecule has 3 aliphatic carbocycles. The van der Waals surface area contributed by atoms with Crippen LogP contribution in [0.1, 0.15) is 36.8 Å². The second kappa shape index (κ2) is 8.92. The standard InChI is InChI=1S/C43H31NO2/c1-4-11-35-34(10-1)42-36(43(35)25-26-16-17-27(43)22-26)12-7-13-37(42)44(28-18-20-32-30-8-2-5-14-38(30)45-40(32)23-28)29-19-21-33-31-9-3-6-15-39(31)46-41(33)24-29/h1-15,18-21,23-24,26-27H,16-17,22,25H2. The van der Waals surface area contributed by atoms with Gasteiger partial charge in [0.1, 0.15) is 22.3 Å². The number of rotatable bonds is 3. The Kier molecular flexibility index (Phi) is 4.84. The van der Waals surface area contributed by atoms with Gasteiger partial charge in [0.15, 0.2) is 0 Å². The topological polar surface area (TPSA) is 29.5 Å². The van der Waals surface area contributed by atoms with Gasteiger partial charge >= 0.3 is 0 Å². The molecule has 0 aliphatic heterocycles. The van der Waals surface area contributed by atoms with Crippen LogP contribution in [0, 0.1) is 11.8 Å². The highest BCUT2D eigenvalue weighted by Crippen LogP contribution is 2.67. The molecular formula is C43H31NO2. The Labute approximate surface area is 266 Å². The number of benzene rings is 6. The highest BCUT2D eigenvalue weighted by atomic mass is 16.3. The normalized spacial score (nSPS) is 21.2.